The fourth-order valence-electron chi connectivity index (χ4n) is 6.44. The molecule has 184 valence electrons. The van der Waals surface area contributed by atoms with E-state index in [2.05, 4.69) is 146 Å². The van der Waals surface area contributed by atoms with Crippen molar-refractivity contribution >= 4 is 54.1 Å². The number of aromatic nitrogens is 1. The van der Waals surface area contributed by atoms with Crippen LogP contribution in [0.4, 0.5) is 0 Å². The minimum absolute atomic E-state index is 1.18. The van der Waals surface area contributed by atoms with Gasteiger partial charge in [-0.3, -0.25) is 0 Å². The van der Waals surface area contributed by atoms with Crippen LogP contribution in [0.1, 0.15) is 11.1 Å². The van der Waals surface area contributed by atoms with Crippen molar-refractivity contribution in [2.75, 3.05) is 0 Å². The highest BCUT2D eigenvalue weighted by atomic mass is 15.0. The Morgan fingerprint density at radius 3 is 1.72 bits per heavy atom. The minimum Gasteiger partial charge on any atom is -0.309 e. The van der Waals surface area contributed by atoms with Gasteiger partial charge in [-0.15, -0.1) is 0 Å². The fraction of sp³-hybridized carbons (Fsp3) is 0.0526. The van der Waals surface area contributed by atoms with Gasteiger partial charge in [0.1, 0.15) is 0 Å². The van der Waals surface area contributed by atoms with Gasteiger partial charge in [-0.25, -0.2) is 0 Å². The zero-order valence-electron chi connectivity index (χ0n) is 22.1. The Morgan fingerprint density at radius 1 is 0.410 bits per heavy atom. The lowest BCUT2D eigenvalue weighted by Crippen LogP contribution is -1.94. The molecule has 8 rings (SSSR count). The molecule has 39 heavy (non-hydrogen) atoms. The second-order valence-corrected chi connectivity index (χ2v) is 10.8. The van der Waals surface area contributed by atoms with Gasteiger partial charge in [-0.2, -0.15) is 0 Å². The molecule has 0 aliphatic heterocycles. The summed E-state index contributed by atoms with van der Waals surface area (Å²) in [5.74, 6) is 0. The van der Waals surface area contributed by atoms with E-state index in [4.69, 9.17) is 0 Å². The molecule has 0 atom stereocenters. The molecular formula is C38H27N. The van der Waals surface area contributed by atoms with Crippen molar-refractivity contribution in [2.24, 2.45) is 0 Å². The first-order chi connectivity index (χ1) is 19.2. The Labute approximate surface area is 227 Å². The van der Waals surface area contributed by atoms with Crippen LogP contribution in [-0.2, 0) is 0 Å². The van der Waals surface area contributed by atoms with Crippen molar-refractivity contribution in [3.63, 3.8) is 0 Å². The van der Waals surface area contributed by atoms with E-state index in [0.717, 1.165) is 0 Å². The van der Waals surface area contributed by atoms with Crippen molar-refractivity contribution in [3.8, 4) is 16.8 Å². The molecule has 0 N–H and O–H groups in total. The van der Waals surface area contributed by atoms with Crippen molar-refractivity contribution in [3.05, 3.63) is 139 Å². The molecule has 0 spiro atoms. The number of benzene rings is 7. The normalized spacial score (nSPS) is 11.8. The average molecular weight is 498 g/mol. The number of fused-ring (bicyclic) bond motifs is 7. The average Bonchev–Trinajstić information content (AvgIpc) is 3.28. The summed E-state index contributed by atoms with van der Waals surface area (Å²) in [5, 5.41) is 10.4. The number of aryl methyl sites for hydroxylation is 2. The molecular weight excluding hydrogens is 470 g/mol. The van der Waals surface area contributed by atoms with Gasteiger partial charge in [0.2, 0.25) is 0 Å². The van der Waals surface area contributed by atoms with Gasteiger partial charge in [-0.1, -0.05) is 96.1 Å². The van der Waals surface area contributed by atoms with E-state index in [1.807, 2.05) is 0 Å². The van der Waals surface area contributed by atoms with E-state index < -0.39 is 0 Å². The molecule has 0 bridgehead atoms. The van der Waals surface area contributed by atoms with E-state index in [9.17, 15) is 0 Å². The Hall–Kier alpha value is -4.88. The molecule has 8 aromatic rings. The van der Waals surface area contributed by atoms with Crippen LogP contribution in [0.15, 0.2) is 127 Å². The topological polar surface area (TPSA) is 4.93 Å². The van der Waals surface area contributed by atoms with Gasteiger partial charge in [0.15, 0.2) is 0 Å². The monoisotopic (exact) mass is 497 g/mol. The SMILES string of the molecule is Cc1ccc2c(c1)c1cc(C)ccc1n2-c1ccc(-c2c3ccccc3cc3c2ccc2ccccc23)cc1. The van der Waals surface area contributed by atoms with Gasteiger partial charge < -0.3 is 4.57 Å². The predicted molar refractivity (Wildman–Crippen MR) is 168 cm³/mol. The third-order valence-corrected chi connectivity index (χ3v) is 8.26. The largest absolute Gasteiger partial charge is 0.309 e. The first-order valence-electron chi connectivity index (χ1n) is 13.6. The summed E-state index contributed by atoms with van der Waals surface area (Å²) in [6.07, 6.45) is 0. The predicted octanol–water partition coefficient (Wildman–Crippen LogP) is 10.5. The molecule has 1 nitrogen and oxygen atoms in total. The highest BCUT2D eigenvalue weighted by molar-refractivity contribution is 6.20. The summed E-state index contributed by atoms with van der Waals surface area (Å²) in [6.45, 7) is 4.34. The zero-order valence-corrected chi connectivity index (χ0v) is 22.1. The summed E-state index contributed by atoms with van der Waals surface area (Å²) in [6, 6.07) is 47.1. The quantitative estimate of drug-likeness (QED) is 0.165. The summed E-state index contributed by atoms with van der Waals surface area (Å²) in [4.78, 5) is 0. The lowest BCUT2D eigenvalue weighted by molar-refractivity contribution is 1.18. The van der Waals surface area contributed by atoms with Crippen molar-refractivity contribution in [2.45, 2.75) is 13.8 Å². The number of hydrogen-bond donors (Lipinski definition) is 0. The van der Waals surface area contributed by atoms with Crippen molar-refractivity contribution < 1.29 is 0 Å². The van der Waals surface area contributed by atoms with Crippen LogP contribution in [0, 0.1) is 13.8 Å². The standard InChI is InChI=1S/C38H27N/c1-24-11-19-36-34(21-24)35-22-25(2)12-20-37(35)39(36)29-16-13-27(14-17-29)38-31-10-6-4-8-28(31)23-33-30-9-5-3-7-26(30)15-18-32(33)38/h3-23H,1-2H3. The molecule has 0 aliphatic rings. The number of nitrogens with zero attached hydrogens (tertiary/aromatic N) is 1. The second kappa shape index (κ2) is 8.31. The highest BCUT2D eigenvalue weighted by Gasteiger charge is 2.15. The number of rotatable bonds is 2. The summed E-state index contributed by atoms with van der Waals surface area (Å²) in [5.41, 5.74) is 8.79. The van der Waals surface area contributed by atoms with E-state index in [1.54, 1.807) is 0 Å². The molecule has 0 amide bonds. The molecule has 0 saturated heterocycles. The van der Waals surface area contributed by atoms with Crippen LogP contribution < -0.4 is 0 Å². The molecule has 7 aromatic carbocycles. The highest BCUT2D eigenvalue weighted by Crippen LogP contribution is 2.40. The first-order valence-corrected chi connectivity index (χ1v) is 13.6. The molecule has 1 aromatic heterocycles. The van der Waals surface area contributed by atoms with Gasteiger partial charge in [-0.05, 0) is 99.8 Å². The van der Waals surface area contributed by atoms with Crippen LogP contribution in [0.3, 0.4) is 0 Å². The Morgan fingerprint density at radius 2 is 1.03 bits per heavy atom. The van der Waals surface area contributed by atoms with Gasteiger partial charge in [0.05, 0.1) is 11.0 Å². The lowest BCUT2D eigenvalue weighted by Gasteiger charge is -2.15. The minimum atomic E-state index is 1.18. The van der Waals surface area contributed by atoms with E-state index in [-0.39, 0.29) is 0 Å². The maximum absolute atomic E-state index is 2.40. The van der Waals surface area contributed by atoms with Crippen LogP contribution >= 0.6 is 0 Å². The summed E-state index contributed by atoms with van der Waals surface area (Å²) < 4.78 is 2.40. The number of hydrogen-bond acceptors (Lipinski definition) is 0. The van der Waals surface area contributed by atoms with Crippen molar-refractivity contribution in [1.29, 1.82) is 0 Å². The third-order valence-electron chi connectivity index (χ3n) is 8.26. The molecule has 1 heterocycles. The smallest absolute Gasteiger partial charge is 0.0541 e. The van der Waals surface area contributed by atoms with Crippen molar-refractivity contribution in [1.82, 2.24) is 4.57 Å². The maximum Gasteiger partial charge on any atom is 0.0541 e. The zero-order chi connectivity index (χ0) is 26.1. The molecule has 0 saturated carbocycles. The fourth-order valence-corrected chi connectivity index (χ4v) is 6.44. The molecule has 0 aliphatic carbocycles. The summed E-state index contributed by atoms with van der Waals surface area (Å²) >= 11 is 0. The van der Waals surface area contributed by atoms with E-state index in [0.29, 0.717) is 0 Å². The Kier molecular flexibility index (Phi) is 4.72. The van der Waals surface area contributed by atoms with Gasteiger partial charge in [0.25, 0.3) is 0 Å². The van der Waals surface area contributed by atoms with Crippen LogP contribution in [-0.4, -0.2) is 4.57 Å². The Balaban J connectivity index is 1.38. The molecule has 0 radical (unpaired) electrons. The van der Waals surface area contributed by atoms with Crippen LogP contribution in [0.2, 0.25) is 0 Å². The molecule has 0 unspecified atom stereocenters. The first kappa shape index (κ1) is 22.1. The Bertz CT molecular complexity index is 2170. The molecule has 1 heteroatoms. The molecule has 0 fully saturated rings. The third kappa shape index (κ3) is 3.33. The van der Waals surface area contributed by atoms with Crippen LogP contribution in [0.25, 0.3) is 70.9 Å². The van der Waals surface area contributed by atoms with Crippen LogP contribution in [0.5, 0.6) is 0 Å². The van der Waals surface area contributed by atoms with Gasteiger partial charge >= 0.3 is 0 Å². The summed E-state index contributed by atoms with van der Waals surface area (Å²) in [7, 11) is 0. The van der Waals surface area contributed by atoms with Gasteiger partial charge in [0, 0.05) is 16.5 Å². The lowest BCUT2D eigenvalue weighted by atomic mass is 9.90. The maximum atomic E-state index is 2.40. The van der Waals surface area contributed by atoms with E-state index in [1.165, 1.54) is 82.1 Å². The second-order valence-electron chi connectivity index (χ2n) is 10.8. The van der Waals surface area contributed by atoms with E-state index >= 15 is 0 Å².